The monoisotopic (exact) mass is 178 g/mol. The van der Waals surface area contributed by atoms with Gasteiger partial charge in [-0.1, -0.05) is 24.8 Å². The third-order valence-electron chi connectivity index (χ3n) is 1.27. The average Bonchev–Trinajstić information content (AvgIpc) is 2.09. The molecule has 0 heterocycles. The molecule has 0 fully saturated rings. The molecule has 0 aliphatic carbocycles. The lowest BCUT2D eigenvalue weighted by Gasteiger charge is -2.01. The van der Waals surface area contributed by atoms with Crippen molar-refractivity contribution in [2.24, 2.45) is 4.99 Å². The molecule has 0 N–H and O–H groups in total. The summed E-state index contributed by atoms with van der Waals surface area (Å²) in [5, 5.41) is 0. The van der Waals surface area contributed by atoms with Gasteiger partial charge in [0, 0.05) is 26.9 Å². The predicted molar refractivity (Wildman–Crippen MR) is 60.1 cm³/mol. The van der Waals surface area contributed by atoms with Crippen molar-refractivity contribution < 1.29 is 0 Å². The highest BCUT2D eigenvalue weighted by Gasteiger charge is 1.77. The van der Waals surface area contributed by atoms with E-state index in [2.05, 4.69) is 17.6 Å². The van der Waals surface area contributed by atoms with E-state index in [-0.39, 0.29) is 0 Å². The summed E-state index contributed by atoms with van der Waals surface area (Å²) in [6, 6.07) is 0. The fraction of sp³-hybridized carbons (Fsp3) is 0.364. The van der Waals surface area contributed by atoms with E-state index in [1.165, 1.54) is 0 Å². The van der Waals surface area contributed by atoms with Gasteiger partial charge < -0.3 is 4.90 Å². The molecule has 0 spiro atoms. The Hall–Kier alpha value is -1.31. The standard InChI is InChI=1S/C11H18N2/c1-4-5-6-9-12-10-7-8-11-13(2)3/h4-6,8-9,11H,1,7,10H2,2-3H3/b6-5+,11-8+,12-9?. The second kappa shape index (κ2) is 8.78. The molecule has 2 heteroatoms. The van der Waals surface area contributed by atoms with Gasteiger partial charge >= 0.3 is 0 Å². The van der Waals surface area contributed by atoms with Crippen molar-refractivity contribution >= 4 is 6.21 Å². The van der Waals surface area contributed by atoms with Gasteiger partial charge in [0.2, 0.25) is 0 Å². The van der Waals surface area contributed by atoms with E-state index in [1.807, 2.05) is 37.3 Å². The molecule has 0 atom stereocenters. The quantitative estimate of drug-likeness (QED) is 0.346. The van der Waals surface area contributed by atoms with Crippen molar-refractivity contribution in [2.75, 3.05) is 20.6 Å². The summed E-state index contributed by atoms with van der Waals surface area (Å²) in [6.45, 7) is 4.40. The molecule has 0 aromatic rings. The Bertz CT molecular complexity index is 200. The molecule has 0 bridgehead atoms. The highest BCUT2D eigenvalue weighted by molar-refractivity contribution is 5.71. The van der Waals surface area contributed by atoms with Crippen LogP contribution in [0.1, 0.15) is 6.42 Å². The third kappa shape index (κ3) is 10.7. The number of hydrogen-bond donors (Lipinski definition) is 0. The van der Waals surface area contributed by atoms with Crippen LogP contribution in [0, 0.1) is 0 Å². The number of nitrogens with zero attached hydrogens (tertiary/aromatic N) is 2. The van der Waals surface area contributed by atoms with Crippen LogP contribution in [0.25, 0.3) is 0 Å². The molecule has 0 saturated carbocycles. The highest BCUT2D eigenvalue weighted by atomic mass is 15.0. The molecule has 0 saturated heterocycles. The van der Waals surface area contributed by atoms with Gasteiger partial charge in [0.05, 0.1) is 0 Å². The summed E-state index contributed by atoms with van der Waals surface area (Å²) < 4.78 is 0. The Morgan fingerprint density at radius 3 is 2.69 bits per heavy atom. The van der Waals surface area contributed by atoms with Gasteiger partial charge in [0.15, 0.2) is 0 Å². The largest absolute Gasteiger partial charge is 0.384 e. The number of hydrogen-bond acceptors (Lipinski definition) is 2. The third-order valence-corrected chi connectivity index (χ3v) is 1.27. The van der Waals surface area contributed by atoms with E-state index in [0.29, 0.717) is 0 Å². The number of aliphatic imine (C=N–C) groups is 1. The molecular formula is C11H18N2. The topological polar surface area (TPSA) is 15.6 Å². The summed E-state index contributed by atoms with van der Waals surface area (Å²) in [7, 11) is 4.01. The van der Waals surface area contributed by atoms with Crippen LogP contribution in [0.15, 0.2) is 42.1 Å². The summed E-state index contributed by atoms with van der Waals surface area (Å²) in [4.78, 5) is 6.19. The molecule has 0 aliphatic rings. The summed E-state index contributed by atoms with van der Waals surface area (Å²) >= 11 is 0. The molecule has 13 heavy (non-hydrogen) atoms. The van der Waals surface area contributed by atoms with Crippen LogP contribution < -0.4 is 0 Å². The Morgan fingerprint density at radius 1 is 1.31 bits per heavy atom. The van der Waals surface area contributed by atoms with Crippen LogP contribution in [0.5, 0.6) is 0 Å². The summed E-state index contributed by atoms with van der Waals surface area (Å²) in [5.74, 6) is 0. The number of rotatable bonds is 6. The zero-order valence-electron chi connectivity index (χ0n) is 8.48. The first-order valence-electron chi connectivity index (χ1n) is 4.38. The van der Waals surface area contributed by atoms with Gasteiger partial charge in [0.1, 0.15) is 0 Å². The van der Waals surface area contributed by atoms with Crippen LogP contribution >= 0.6 is 0 Å². The molecule has 0 aliphatic heterocycles. The van der Waals surface area contributed by atoms with Crippen molar-refractivity contribution in [3.63, 3.8) is 0 Å². The second-order valence-electron chi connectivity index (χ2n) is 2.81. The molecule has 0 rings (SSSR count). The van der Waals surface area contributed by atoms with E-state index in [1.54, 1.807) is 12.3 Å². The minimum atomic E-state index is 0.839. The van der Waals surface area contributed by atoms with Gasteiger partial charge in [-0.15, -0.1) is 0 Å². The molecule has 72 valence electrons. The van der Waals surface area contributed by atoms with Crippen LogP contribution in [0.3, 0.4) is 0 Å². The van der Waals surface area contributed by atoms with Gasteiger partial charge in [-0.25, -0.2) is 0 Å². The lowest BCUT2D eigenvalue weighted by Crippen LogP contribution is -1.99. The van der Waals surface area contributed by atoms with Gasteiger partial charge in [0.25, 0.3) is 0 Å². The van der Waals surface area contributed by atoms with E-state index < -0.39 is 0 Å². The maximum atomic E-state index is 4.18. The van der Waals surface area contributed by atoms with Crippen LogP contribution in [0.2, 0.25) is 0 Å². The Morgan fingerprint density at radius 2 is 2.08 bits per heavy atom. The molecule has 0 aromatic heterocycles. The fourth-order valence-electron chi connectivity index (χ4n) is 0.698. The average molecular weight is 178 g/mol. The first kappa shape index (κ1) is 11.7. The summed E-state index contributed by atoms with van der Waals surface area (Å²) in [6.07, 6.45) is 12.4. The molecule has 0 amide bonds. The van der Waals surface area contributed by atoms with E-state index in [4.69, 9.17) is 0 Å². The van der Waals surface area contributed by atoms with Crippen molar-refractivity contribution in [3.05, 3.63) is 37.1 Å². The van der Waals surface area contributed by atoms with Crippen LogP contribution in [-0.2, 0) is 0 Å². The van der Waals surface area contributed by atoms with Crippen LogP contribution in [-0.4, -0.2) is 31.8 Å². The van der Waals surface area contributed by atoms with E-state index in [9.17, 15) is 0 Å². The Balaban J connectivity index is 3.39. The van der Waals surface area contributed by atoms with Crippen molar-refractivity contribution in [1.29, 1.82) is 0 Å². The Labute approximate surface area is 81.0 Å². The zero-order valence-corrected chi connectivity index (χ0v) is 8.48. The lowest BCUT2D eigenvalue weighted by molar-refractivity contribution is 0.561. The molecule has 0 aromatic carbocycles. The predicted octanol–water partition coefficient (Wildman–Crippen LogP) is 2.26. The first-order chi connectivity index (χ1) is 6.27. The second-order valence-corrected chi connectivity index (χ2v) is 2.81. The number of allylic oxidation sites excluding steroid dienone is 3. The first-order valence-corrected chi connectivity index (χ1v) is 4.38. The Kier molecular flexibility index (Phi) is 7.90. The van der Waals surface area contributed by atoms with Gasteiger partial charge in [-0.2, -0.15) is 0 Å². The van der Waals surface area contributed by atoms with Crippen molar-refractivity contribution in [3.8, 4) is 0 Å². The molecule has 2 nitrogen and oxygen atoms in total. The SMILES string of the molecule is C=C/C=C/C=NCC/C=C/N(C)C. The van der Waals surface area contributed by atoms with Crippen molar-refractivity contribution in [1.82, 2.24) is 4.90 Å². The maximum absolute atomic E-state index is 4.18. The molecular weight excluding hydrogens is 160 g/mol. The zero-order chi connectivity index (χ0) is 9.94. The normalized spacial score (nSPS) is 11.8. The maximum Gasteiger partial charge on any atom is 0.0424 e. The molecule has 0 radical (unpaired) electrons. The fourth-order valence-corrected chi connectivity index (χ4v) is 0.698. The lowest BCUT2D eigenvalue weighted by atomic mass is 10.4. The van der Waals surface area contributed by atoms with E-state index in [0.717, 1.165) is 13.0 Å². The minimum Gasteiger partial charge on any atom is -0.384 e. The van der Waals surface area contributed by atoms with Crippen LogP contribution in [0.4, 0.5) is 0 Å². The van der Waals surface area contributed by atoms with E-state index >= 15 is 0 Å². The minimum absolute atomic E-state index is 0.839. The summed E-state index contributed by atoms with van der Waals surface area (Å²) in [5.41, 5.74) is 0. The van der Waals surface area contributed by atoms with Crippen molar-refractivity contribution in [2.45, 2.75) is 6.42 Å². The van der Waals surface area contributed by atoms with Gasteiger partial charge in [-0.05, 0) is 18.7 Å². The van der Waals surface area contributed by atoms with Gasteiger partial charge in [-0.3, -0.25) is 4.99 Å². The highest BCUT2D eigenvalue weighted by Crippen LogP contribution is 1.85. The smallest absolute Gasteiger partial charge is 0.0424 e. The molecule has 0 unspecified atom stereocenters.